The molecule has 0 fully saturated rings. The molecular weight excluding hydrogens is 378 g/mol. The van der Waals surface area contributed by atoms with Crippen LogP contribution in [0.3, 0.4) is 0 Å². The molecule has 2 rings (SSSR count). The van der Waals surface area contributed by atoms with Crippen LogP contribution in [0.15, 0.2) is 59.5 Å². The number of carbonyl (C=O) groups excluding carboxylic acids is 1. The molecule has 0 saturated heterocycles. The Bertz CT molecular complexity index is 843. The number of benzene rings is 2. The van der Waals surface area contributed by atoms with Gasteiger partial charge in [0.2, 0.25) is 0 Å². The van der Waals surface area contributed by atoms with E-state index in [2.05, 4.69) is 10.1 Å². The molecule has 2 aromatic rings. The zero-order valence-electron chi connectivity index (χ0n) is 14.6. The van der Waals surface area contributed by atoms with Crippen LogP contribution in [0.2, 0.25) is 0 Å². The summed E-state index contributed by atoms with van der Waals surface area (Å²) in [4.78, 5) is 13.6. The number of sulfone groups is 1. The zero-order valence-corrected chi connectivity index (χ0v) is 15.5. The Hall–Kier alpha value is -2.68. The molecule has 0 aromatic heterocycles. The molecule has 1 N–H and O–H groups in total. The molecule has 27 heavy (non-hydrogen) atoms. The molecule has 0 unspecified atom stereocenters. The number of rotatable bonds is 8. The largest absolute Gasteiger partial charge is 0.435 e. The molecule has 9 heteroatoms. The molecule has 0 radical (unpaired) electrons. The van der Waals surface area contributed by atoms with Crippen LogP contribution in [0.4, 0.5) is 13.6 Å². The van der Waals surface area contributed by atoms with Crippen LogP contribution in [0, 0.1) is 0 Å². The van der Waals surface area contributed by atoms with Crippen LogP contribution in [0.25, 0.3) is 0 Å². The van der Waals surface area contributed by atoms with Gasteiger partial charge in [-0.15, -0.1) is 0 Å². The van der Waals surface area contributed by atoms with Crippen LogP contribution < -0.4 is 10.1 Å². The highest BCUT2D eigenvalue weighted by Gasteiger charge is 2.15. The molecule has 0 heterocycles. The van der Waals surface area contributed by atoms with Gasteiger partial charge in [-0.25, -0.2) is 13.2 Å². The lowest BCUT2D eigenvalue weighted by Gasteiger charge is -2.18. The molecule has 0 bridgehead atoms. The van der Waals surface area contributed by atoms with Gasteiger partial charge in [-0.3, -0.25) is 0 Å². The molecule has 0 aliphatic carbocycles. The summed E-state index contributed by atoms with van der Waals surface area (Å²) in [6, 6.07) is 13.5. The molecule has 146 valence electrons. The van der Waals surface area contributed by atoms with E-state index in [9.17, 15) is 22.0 Å². The van der Waals surface area contributed by atoms with Gasteiger partial charge >= 0.3 is 12.6 Å². The number of halogens is 2. The van der Waals surface area contributed by atoms with E-state index < -0.39 is 22.5 Å². The lowest BCUT2D eigenvalue weighted by molar-refractivity contribution is -0.0498. The Morgan fingerprint density at radius 2 is 1.74 bits per heavy atom. The summed E-state index contributed by atoms with van der Waals surface area (Å²) in [6.45, 7) is -2.69. The second kappa shape index (κ2) is 9.31. The first-order valence-electron chi connectivity index (χ1n) is 8.08. The number of carbonyl (C=O) groups is 1. The van der Waals surface area contributed by atoms with Crippen molar-refractivity contribution in [2.45, 2.75) is 18.1 Å². The Morgan fingerprint density at radius 3 is 2.33 bits per heavy atom. The molecule has 0 saturated carbocycles. The minimum Gasteiger partial charge on any atom is -0.435 e. The van der Waals surface area contributed by atoms with Gasteiger partial charge in [0.25, 0.3) is 0 Å². The normalized spacial score (nSPS) is 11.3. The van der Waals surface area contributed by atoms with Crippen LogP contribution >= 0.6 is 0 Å². The lowest BCUT2D eigenvalue weighted by atomic mass is 10.2. The Balaban J connectivity index is 1.82. The predicted molar refractivity (Wildman–Crippen MR) is 96.4 cm³/mol. The average Bonchev–Trinajstić information content (AvgIpc) is 2.63. The van der Waals surface area contributed by atoms with Gasteiger partial charge in [0.1, 0.15) is 5.75 Å². The summed E-state index contributed by atoms with van der Waals surface area (Å²) in [6.07, 6.45) is 0. The predicted octanol–water partition coefficient (Wildman–Crippen LogP) is 2.90. The summed E-state index contributed by atoms with van der Waals surface area (Å²) < 4.78 is 52.8. The molecular formula is C18H20F2N2O4S. The highest BCUT2D eigenvalue weighted by molar-refractivity contribution is 7.91. The topological polar surface area (TPSA) is 75.7 Å². The van der Waals surface area contributed by atoms with E-state index in [1.165, 1.54) is 29.2 Å². The van der Waals surface area contributed by atoms with E-state index in [-0.39, 0.29) is 29.5 Å². The van der Waals surface area contributed by atoms with E-state index in [1.807, 2.05) is 0 Å². The van der Waals surface area contributed by atoms with Crippen molar-refractivity contribution in [1.29, 1.82) is 0 Å². The number of nitrogens with zero attached hydrogens (tertiary/aromatic N) is 1. The lowest BCUT2D eigenvalue weighted by Crippen LogP contribution is -2.39. The third-order valence-corrected chi connectivity index (χ3v) is 5.40. The van der Waals surface area contributed by atoms with Gasteiger partial charge in [-0.1, -0.05) is 30.3 Å². The van der Waals surface area contributed by atoms with Gasteiger partial charge in [0, 0.05) is 20.1 Å². The molecule has 6 nitrogen and oxygen atoms in total. The maximum Gasteiger partial charge on any atom is 0.387 e. The highest BCUT2D eigenvalue weighted by atomic mass is 32.2. The number of alkyl halides is 2. The van der Waals surface area contributed by atoms with Gasteiger partial charge in [-0.2, -0.15) is 8.78 Å². The summed E-state index contributed by atoms with van der Waals surface area (Å²) in [5, 5.41) is 2.55. The van der Waals surface area contributed by atoms with Gasteiger partial charge in [0.05, 0.1) is 10.6 Å². The van der Waals surface area contributed by atoms with E-state index in [0.29, 0.717) is 5.56 Å². The first kappa shape index (κ1) is 20.6. The fourth-order valence-electron chi connectivity index (χ4n) is 2.29. The molecule has 2 aromatic carbocycles. The minimum absolute atomic E-state index is 0.0262. The molecule has 0 atom stereocenters. The number of nitrogens with one attached hydrogen (secondary N) is 1. The quantitative estimate of drug-likeness (QED) is 0.742. The third kappa shape index (κ3) is 6.52. The molecule has 2 amide bonds. The minimum atomic E-state index is -3.46. The van der Waals surface area contributed by atoms with Gasteiger partial charge in [0.15, 0.2) is 9.84 Å². The van der Waals surface area contributed by atoms with E-state index in [4.69, 9.17) is 0 Å². The van der Waals surface area contributed by atoms with Crippen LogP contribution in [-0.4, -0.2) is 45.3 Å². The second-order valence-electron chi connectivity index (χ2n) is 5.74. The number of hydrogen-bond acceptors (Lipinski definition) is 4. The molecule has 0 aliphatic rings. The van der Waals surface area contributed by atoms with Crippen molar-refractivity contribution in [2.24, 2.45) is 0 Å². The average molecular weight is 398 g/mol. The van der Waals surface area contributed by atoms with Crippen molar-refractivity contribution < 1.29 is 26.7 Å². The van der Waals surface area contributed by atoms with Crippen molar-refractivity contribution in [2.75, 3.05) is 19.3 Å². The Labute approximate surface area is 156 Å². The summed E-state index contributed by atoms with van der Waals surface area (Å²) in [7, 11) is -1.92. The molecule has 0 aliphatic heterocycles. The SMILES string of the molecule is CN(Cc1ccc(OC(F)F)cc1)C(=O)NCCS(=O)(=O)c1ccccc1. The van der Waals surface area contributed by atoms with Crippen molar-refractivity contribution in [3.05, 3.63) is 60.2 Å². The van der Waals surface area contributed by atoms with Crippen LogP contribution in [0.1, 0.15) is 5.56 Å². The van der Waals surface area contributed by atoms with E-state index >= 15 is 0 Å². The summed E-state index contributed by atoms with van der Waals surface area (Å²) in [5.41, 5.74) is 0.714. The summed E-state index contributed by atoms with van der Waals surface area (Å²) >= 11 is 0. The van der Waals surface area contributed by atoms with Crippen molar-refractivity contribution in [3.8, 4) is 5.75 Å². The summed E-state index contributed by atoms with van der Waals surface area (Å²) in [5.74, 6) is -0.178. The number of hydrogen-bond donors (Lipinski definition) is 1. The number of urea groups is 1. The van der Waals surface area contributed by atoms with Crippen LogP contribution in [-0.2, 0) is 16.4 Å². The fourth-order valence-corrected chi connectivity index (χ4v) is 3.47. The third-order valence-electron chi connectivity index (χ3n) is 3.66. The maximum absolute atomic E-state index is 12.2. The molecule has 0 spiro atoms. The van der Waals surface area contributed by atoms with Crippen molar-refractivity contribution in [3.63, 3.8) is 0 Å². The monoisotopic (exact) mass is 398 g/mol. The van der Waals surface area contributed by atoms with Gasteiger partial charge < -0.3 is 15.0 Å². The first-order chi connectivity index (χ1) is 12.8. The number of ether oxygens (including phenoxy) is 1. The Kier molecular flexibility index (Phi) is 7.12. The van der Waals surface area contributed by atoms with Crippen molar-refractivity contribution >= 4 is 15.9 Å². The van der Waals surface area contributed by atoms with Gasteiger partial charge in [-0.05, 0) is 29.8 Å². The standard InChI is InChI=1S/C18H20F2N2O4S/c1-22(13-14-7-9-15(10-8-14)26-17(19)20)18(23)21-11-12-27(24,25)16-5-3-2-4-6-16/h2-10,17H,11-13H2,1H3,(H,21,23). The number of amides is 2. The highest BCUT2D eigenvalue weighted by Crippen LogP contribution is 2.15. The van der Waals surface area contributed by atoms with Crippen LogP contribution in [0.5, 0.6) is 5.75 Å². The van der Waals surface area contributed by atoms with Crippen molar-refractivity contribution in [1.82, 2.24) is 10.2 Å². The smallest absolute Gasteiger partial charge is 0.387 e. The first-order valence-corrected chi connectivity index (χ1v) is 9.73. The maximum atomic E-state index is 12.2. The Morgan fingerprint density at radius 1 is 1.11 bits per heavy atom. The van der Waals surface area contributed by atoms with E-state index in [0.717, 1.165) is 0 Å². The fraction of sp³-hybridized carbons (Fsp3) is 0.278. The van der Waals surface area contributed by atoms with E-state index in [1.54, 1.807) is 37.4 Å². The zero-order chi connectivity index (χ0) is 19.9. The second-order valence-corrected chi connectivity index (χ2v) is 7.85.